The minimum absolute atomic E-state index is 0.0364. The largest absolute Gasteiger partial charge is 0.416 e. The van der Waals surface area contributed by atoms with E-state index in [0.717, 1.165) is 18.6 Å². The zero-order valence-corrected chi connectivity index (χ0v) is 17.4. The van der Waals surface area contributed by atoms with Crippen LogP contribution in [0.15, 0.2) is 42.5 Å². The third kappa shape index (κ3) is 4.49. The van der Waals surface area contributed by atoms with Crippen molar-refractivity contribution in [2.24, 2.45) is 0 Å². The van der Waals surface area contributed by atoms with Crippen LogP contribution in [0, 0.1) is 0 Å². The second kappa shape index (κ2) is 8.42. The first kappa shape index (κ1) is 21.5. The molecule has 31 heavy (non-hydrogen) atoms. The van der Waals surface area contributed by atoms with Crippen molar-refractivity contribution < 1.29 is 22.8 Å². The van der Waals surface area contributed by atoms with Crippen molar-refractivity contribution in [3.05, 3.63) is 58.6 Å². The topological polar surface area (TPSA) is 43.9 Å². The van der Waals surface area contributed by atoms with Gasteiger partial charge in [0.15, 0.2) is 0 Å². The van der Waals surface area contributed by atoms with Crippen molar-refractivity contribution in [2.75, 3.05) is 42.5 Å². The summed E-state index contributed by atoms with van der Waals surface area (Å²) in [6.07, 6.45) is -3.23. The Morgan fingerprint density at radius 2 is 1.71 bits per heavy atom. The van der Waals surface area contributed by atoms with Crippen LogP contribution in [-0.4, -0.2) is 49.4 Å². The van der Waals surface area contributed by atoms with E-state index in [1.54, 1.807) is 34.1 Å². The van der Waals surface area contributed by atoms with Gasteiger partial charge in [0.05, 0.1) is 16.8 Å². The molecule has 2 aliphatic rings. The van der Waals surface area contributed by atoms with E-state index in [2.05, 4.69) is 0 Å². The zero-order chi connectivity index (χ0) is 22.2. The van der Waals surface area contributed by atoms with Crippen molar-refractivity contribution >= 4 is 34.8 Å². The molecule has 5 nitrogen and oxygen atoms in total. The minimum atomic E-state index is -4.40. The fourth-order valence-corrected chi connectivity index (χ4v) is 4.20. The normalized spacial score (nSPS) is 17.4. The van der Waals surface area contributed by atoms with Gasteiger partial charge in [0.25, 0.3) is 5.91 Å². The molecule has 2 aromatic carbocycles. The van der Waals surface area contributed by atoms with Gasteiger partial charge in [-0.15, -0.1) is 0 Å². The highest BCUT2D eigenvalue weighted by Gasteiger charge is 2.32. The third-order valence-electron chi connectivity index (χ3n) is 5.66. The molecular weight excluding hydrogens is 431 g/mol. The third-order valence-corrected chi connectivity index (χ3v) is 5.90. The van der Waals surface area contributed by atoms with E-state index in [1.807, 2.05) is 4.90 Å². The van der Waals surface area contributed by atoms with Crippen molar-refractivity contribution in [2.45, 2.75) is 19.0 Å². The van der Waals surface area contributed by atoms with Crippen LogP contribution in [0.3, 0.4) is 0 Å². The van der Waals surface area contributed by atoms with Crippen molar-refractivity contribution in [1.82, 2.24) is 4.90 Å². The zero-order valence-electron chi connectivity index (χ0n) is 16.7. The Kier molecular flexibility index (Phi) is 5.83. The van der Waals surface area contributed by atoms with E-state index >= 15 is 0 Å². The molecule has 0 aromatic heterocycles. The van der Waals surface area contributed by atoms with Crippen LogP contribution in [0.2, 0.25) is 5.02 Å². The molecule has 2 heterocycles. The fourth-order valence-electron chi connectivity index (χ4n) is 4.03. The van der Waals surface area contributed by atoms with Gasteiger partial charge in [0.1, 0.15) is 0 Å². The molecule has 0 aliphatic carbocycles. The van der Waals surface area contributed by atoms with E-state index in [9.17, 15) is 22.8 Å². The highest BCUT2D eigenvalue weighted by molar-refractivity contribution is 6.31. The lowest BCUT2D eigenvalue weighted by molar-refractivity contribution is -0.137. The average Bonchev–Trinajstić information content (AvgIpc) is 3.18. The molecule has 0 N–H and O–H groups in total. The molecule has 9 heteroatoms. The predicted molar refractivity (Wildman–Crippen MR) is 113 cm³/mol. The summed E-state index contributed by atoms with van der Waals surface area (Å²) in [6, 6.07) is 10.1. The van der Waals surface area contributed by atoms with Gasteiger partial charge in [0.2, 0.25) is 5.91 Å². The Bertz CT molecular complexity index is 1000. The number of piperazine rings is 1. The molecule has 0 unspecified atom stereocenters. The minimum Gasteiger partial charge on any atom is -0.368 e. The second-order valence-electron chi connectivity index (χ2n) is 7.64. The fraction of sp³-hybridized carbons (Fsp3) is 0.364. The number of carbonyl (C=O) groups excluding carboxylic acids is 2. The Morgan fingerprint density at radius 3 is 2.35 bits per heavy atom. The van der Waals surface area contributed by atoms with Gasteiger partial charge in [-0.1, -0.05) is 17.7 Å². The SMILES string of the molecule is O=C(c1ccc(Cl)cc1N1CCCC1=O)N1CCN(c2cccc(C(F)(F)F)c2)CC1. The summed E-state index contributed by atoms with van der Waals surface area (Å²) >= 11 is 6.12. The lowest BCUT2D eigenvalue weighted by Gasteiger charge is -2.37. The summed E-state index contributed by atoms with van der Waals surface area (Å²) in [6.45, 7) is 2.11. The average molecular weight is 452 g/mol. The molecule has 2 aromatic rings. The van der Waals surface area contributed by atoms with Crippen molar-refractivity contribution in [1.29, 1.82) is 0 Å². The van der Waals surface area contributed by atoms with Gasteiger partial charge in [-0.25, -0.2) is 0 Å². The highest BCUT2D eigenvalue weighted by Crippen LogP contribution is 2.33. The highest BCUT2D eigenvalue weighted by atomic mass is 35.5. The van der Waals surface area contributed by atoms with E-state index < -0.39 is 11.7 Å². The summed E-state index contributed by atoms with van der Waals surface area (Å²) in [7, 11) is 0. The summed E-state index contributed by atoms with van der Waals surface area (Å²) in [4.78, 5) is 30.5. The van der Waals surface area contributed by atoms with Crippen LogP contribution in [0.4, 0.5) is 24.5 Å². The van der Waals surface area contributed by atoms with Crippen LogP contribution in [-0.2, 0) is 11.0 Å². The smallest absolute Gasteiger partial charge is 0.368 e. The number of nitrogens with zero attached hydrogens (tertiary/aromatic N) is 3. The van der Waals surface area contributed by atoms with Gasteiger partial charge in [-0.3, -0.25) is 9.59 Å². The molecule has 0 bridgehead atoms. The molecule has 4 rings (SSSR count). The van der Waals surface area contributed by atoms with Crippen molar-refractivity contribution in [3.8, 4) is 0 Å². The lowest BCUT2D eigenvalue weighted by Crippen LogP contribution is -2.49. The molecule has 0 atom stereocenters. The number of hydrogen-bond donors (Lipinski definition) is 0. The monoisotopic (exact) mass is 451 g/mol. The molecule has 2 amide bonds. The van der Waals surface area contributed by atoms with E-state index in [1.165, 1.54) is 6.07 Å². The van der Waals surface area contributed by atoms with Crippen LogP contribution in [0.1, 0.15) is 28.8 Å². The predicted octanol–water partition coefficient (Wildman–Crippen LogP) is 4.45. The van der Waals surface area contributed by atoms with Crippen LogP contribution >= 0.6 is 11.6 Å². The van der Waals surface area contributed by atoms with Crippen LogP contribution in [0.25, 0.3) is 0 Å². The number of anilines is 2. The first-order valence-corrected chi connectivity index (χ1v) is 10.4. The second-order valence-corrected chi connectivity index (χ2v) is 8.07. The molecule has 0 spiro atoms. The van der Waals surface area contributed by atoms with E-state index in [4.69, 9.17) is 11.6 Å². The van der Waals surface area contributed by atoms with Crippen LogP contribution in [0.5, 0.6) is 0 Å². The number of amides is 2. The molecule has 0 radical (unpaired) electrons. The molecule has 2 fully saturated rings. The number of carbonyl (C=O) groups is 2. The first-order chi connectivity index (χ1) is 14.7. The van der Waals surface area contributed by atoms with E-state index in [-0.39, 0.29) is 11.8 Å². The number of rotatable bonds is 3. The Hall–Kier alpha value is -2.74. The lowest BCUT2D eigenvalue weighted by atomic mass is 10.1. The summed E-state index contributed by atoms with van der Waals surface area (Å²) < 4.78 is 39.0. The van der Waals surface area contributed by atoms with Gasteiger partial charge in [0, 0.05) is 49.9 Å². The number of benzene rings is 2. The van der Waals surface area contributed by atoms with Gasteiger partial charge < -0.3 is 14.7 Å². The standard InChI is InChI=1S/C22H21ClF3N3O2/c23-16-6-7-18(19(14-16)29-8-2-5-20(29)30)21(31)28-11-9-27(10-12-28)17-4-1-3-15(13-17)22(24,25)26/h1,3-4,6-7,13-14H,2,5,8-12H2. The van der Waals surface area contributed by atoms with Gasteiger partial charge in [-0.05, 0) is 42.8 Å². The van der Waals surface area contributed by atoms with Gasteiger partial charge >= 0.3 is 6.18 Å². The molecule has 0 saturated carbocycles. The molecular formula is C22H21ClF3N3O2. The molecule has 2 aliphatic heterocycles. The first-order valence-electron chi connectivity index (χ1n) is 10.1. The Labute approximate surface area is 183 Å². The quantitative estimate of drug-likeness (QED) is 0.692. The Morgan fingerprint density at radius 1 is 0.968 bits per heavy atom. The number of halogens is 4. The van der Waals surface area contributed by atoms with Gasteiger partial charge in [-0.2, -0.15) is 13.2 Å². The summed E-state index contributed by atoms with van der Waals surface area (Å²) in [5.41, 5.74) is 0.717. The van der Waals surface area contributed by atoms with E-state index in [0.29, 0.717) is 61.1 Å². The van der Waals surface area contributed by atoms with Crippen molar-refractivity contribution in [3.63, 3.8) is 0 Å². The van der Waals surface area contributed by atoms with Crippen LogP contribution < -0.4 is 9.80 Å². The molecule has 2 saturated heterocycles. The summed E-state index contributed by atoms with van der Waals surface area (Å²) in [5.74, 6) is -0.249. The molecule has 164 valence electrons. The maximum Gasteiger partial charge on any atom is 0.416 e. The summed E-state index contributed by atoms with van der Waals surface area (Å²) in [5, 5.41) is 0.445. The Balaban J connectivity index is 1.49. The number of hydrogen-bond acceptors (Lipinski definition) is 3. The maximum absolute atomic E-state index is 13.2. The maximum atomic E-state index is 13.2. The number of alkyl halides is 3.